The van der Waals surface area contributed by atoms with Crippen molar-refractivity contribution in [1.82, 2.24) is 4.98 Å². The summed E-state index contributed by atoms with van der Waals surface area (Å²) in [5.74, 6) is 0.215. The van der Waals surface area contributed by atoms with Crippen LogP contribution in [0.3, 0.4) is 0 Å². The van der Waals surface area contributed by atoms with E-state index in [1.54, 1.807) is 19.1 Å². The molecule has 0 radical (unpaired) electrons. The molecule has 0 N–H and O–H groups in total. The van der Waals surface area contributed by atoms with Gasteiger partial charge >= 0.3 is 5.97 Å². The largest absolute Gasteiger partial charge is 0.466 e. The fourth-order valence-electron chi connectivity index (χ4n) is 0.967. The number of hydrogen-bond donors (Lipinski definition) is 0. The SMILES string of the molecule is C=Cc1nc(/C=C/CC(=O)OCC)co1. The van der Waals surface area contributed by atoms with Gasteiger partial charge in [-0.3, -0.25) is 4.79 Å². The van der Waals surface area contributed by atoms with Crippen LogP contribution in [0.4, 0.5) is 0 Å². The molecule has 15 heavy (non-hydrogen) atoms. The average Bonchev–Trinajstić information content (AvgIpc) is 2.66. The van der Waals surface area contributed by atoms with Crippen molar-refractivity contribution < 1.29 is 13.9 Å². The maximum Gasteiger partial charge on any atom is 0.309 e. The van der Waals surface area contributed by atoms with Crippen molar-refractivity contribution in [2.75, 3.05) is 6.61 Å². The van der Waals surface area contributed by atoms with Gasteiger partial charge in [0, 0.05) is 0 Å². The molecule has 0 atom stereocenters. The van der Waals surface area contributed by atoms with E-state index in [2.05, 4.69) is 11.6 Å². The lowest BCUT2D eigenvalue weighted by Crippen LogP contribution is -2.01. The zero-order valence-corrected chi connectivity index (χ0v) is 8.60. The van der Waals surface area contributed by atoms with E-state index in [1.807, 2.05) is 0 Å². The molecule has 1 aromatic rings. The van der Waals surface area contributed by atoms with Crippen molar-refractivity contribution in [3.05, 3.63) is 30.5 Å². The fourth-order valence-corrected chi connectivity index (χ4v) is 0.967. The molecule has 0 fully saturated rings. The van der Waals surface area contributed by atoms with E-state index in [0.29, 0.717) is 18.2 Å². The first-order valence-electron chi connectivity index (χ1n) is 4.66. The van der Waals surface area contributed by atoms with Gasteiger partial charge in [-0.25, -0.2) is 4.98 Å². The van der Waals surface area contributed by atoms with E-state index in [4.69, 9.17) is 9.15 Å². The van der Waals surface area contributed by atoms with E-state index in [-0.39, 0.29) is 12.4 Å². The third-order valence-electron chi connectivity index (χ3n) is 1.59. The molecule has 0 aliphatic carbocycles. The topological polar surface area (TPSA) is 52.3 Å². The van der Waals surface area contributed by atoms with Crippen LogP contribution in [0.5, 0.6) is 0 Å². The number of hydrogen-bond acceptors (Lipinski definition) is 4. The fraction of sp³-hybridized carbons (Fsp3) is 0.273. The lowest BCUT2D eigenvalue weighted by atomic mass is 10.3. The predicted molar refractivity (Wildman–Crippen MR) is 56.9 cm³/mol. The standard InChI is InChI=1S/C11H13NO3/c1-3-10-12-9(8-15-10)6-5-7-11(13)14-4-2/h3,5-6,8H,1,4,7H2,2H3/b6-5+. The Morgan fingerprint density at radius 1 is 1.73 bits per heavy atom. The van der Waals surface area contributed by atoms with Crippen molar-refractivity contribution in [3.63, 3.8) is 0 Å². The molecule has 0 unspecified atom stereocenters. The number of aromatic nitrogens is 1. The molecule has 1 heterocycles. The first-order chi connectivity index (χ1) is 7.26. The summed E-state index contributed by atoms with van der Waals surface area (Å²) in [6, 6.07) is 0. The summed E-state index contributed by atoms with van der Waals surface area (Å²) in [6.07, 6.45) is 6.64. The minimum absolute atomic E-state index is 0.240. The molecule has 4 nitrogen and oxygen atoms in total. The van der Waals surface area contributed by atoms with Gasteiger partial charge in [-0.05, 0) is 19.1 Å². The smallest absolute Gasteiger partial charge is 0.309 e. The summed E-state index contributed by atoms with van der Waals surface area (Å²) in [7, 11) is 0. The Morgan fingerprint density at radius 2 is 2.53 bits per heavy atom. The molecule has 0 saturated carbocycles. The second kappa shape index (κ2) is 5.80. The van der Waals surface area contributed by atoms with E-state index in [1.165, 1.54) is 12.3 Å². The molecule has 0 aromatic carbocycles. The van der Waals surface area contributed by atoms with Gasteiger partial charge in [0.05, 0.1) is 13.0 Å². The maximum atomic E-state index is 11.0. The molecule has 0 spiro atoms. The highest BCUT2D eigenvalue weighted by Gasteiger charge is 1.98. The monoisotopic (exact) mass is 207 g/mol. The van der Waals surface area contributed by atoms with Gasteiger partial charge in [-0.2, -0.15) is 0 Å². The Bertz CT molecular complexity index is 366. The Kier molecular flexibility index (Phi) is 4.34. The first kappa shape index (κ1) is 11.2. The predicted octanol–water partition coefficient (Wildman–Crippen LogP) is 2.28. The van der Waals surface area contributed by atoms with Gasteiger partial charge in [0.15, 0.2) is 0 Å². The summed E-state index contributed by atoms with van der Waals surface area (Å²) in [6.45, 7) is 5.70. The van der Waals surface area contributed by atoms with Crippen molar-refractivity contribution in [2.24, 2.45) is 0 Å². The number of esters is 1. The third kappa shape index (κ3) is 3.81. The molecular formula is C11H13NO3. The maximum absolute atomic E-state index is 11.0. The van der Waals surface area contributed by atoms with Crippen LogP contribution in [0.25, 0.3) is 12.2 Å². The number of oxazole rings is 1. The summed E-state index contributed by atoms with van der Waals surface area (Å²) < 4.78 is 9.78. The summed E-state index contributed by atoms with van der Waals surface area (Å²) >= 11 is 0. The van der Waals surface area contributed by atoms with Crippen LogP contribution in [0.1, 0.15) is 24.9 Å². The highest BCUT2D eigenvalue weighted by molar-refractivity contribution is 5.72. The van der Waals surface area contributed by atoms with Crippen LogP contribution in [0.2, 0.25) is 0 Å². The van der Waals surface area contributed by atoms with Crippen molar-refractivity contribution in [3.8, 4) is 0 Å². The average molecular weight is 207 g/mol. The van der Waals surface area contributed by atoms with Crippen molar-refractivity contribution in [2.45, 2.75) is 13.3 Å². The second-order valence-corrected chi connectivity index (χ2v) is 2.73. The van der Waals surface area contributed by atoms with Gasteiger partial charge in [0.25, 0.3) is 0 Å². The van der Waals surface area contributed by atoms with E-state index >= 15 is 0 Å². The lowest BCUT2D eigenvalue weighted by Gasteiger charge is -1.95. The normalized spacial score (nSPS) is 10.5. The van der Waals surface area contributed by atoms with E-state index < -0.39 is 0 Å². The van der Waals surface area contributed by atoms with Crippen molar-refractivity contribution >= 4 is 18.1 Å². The Hall–Kier alpha value is -1.84. The molecular weight excluding hydrogens is 194 g/mol. The van der Waals surface area contributed by atoms with Crippen LogP contribution in [0.15, 0.2) is 23.3 Å². The number of carbonyl (C=O) groups excluding carboxylic acids is 1. The van der Waals surface area contributed by atoms with E-state index in [0.717, 1.165) is 0 Å². The molecule has 0 amide bonds. The Labute approximate surface area is 88.3 Å². The van der Waals surface area contributed by atoms with Crippen LogP contribution < -0.4 is 0 Å². The number of ether oxygens (including phenoxy) is 1. The quantitative estimate of drug-likeness (QED) is 0.695. The second-order valence-electron chi connectivity index (χ2n) is 2.73. The van der Waals surface area contributed by atoms with Crippen LogP contribution in [-0.2, 0) is 9.53 Å². The van der Waals surface area contributed by atoms with Crippen LogP contribution >= 0.6 is 0 Å². The van der Waals surface area contributed by atoms with Crippen molar-refractivity contribution in [1.29, 1.82) is 0 Å². The highest BCUT2D eigenvalue weighted by atomic mass is 16.5. The Morgan fingerprint density at radius 3 is 3.13 bits per heavy atom. The van der Waals surface area contributed by atoms with E-state index in [9.17, 15) is 4.79 Å². The minimum atomic E-state index is -0.249. The molecule has 1 rings (SSSR count). The summed E-state index contributed by atoms with van der Waals surface area (Å²) in [5, 5.41) is 0. The van der Waals surface area contributed by atoms with Gasteiger partial charge in [-0.1, -0.05) is 12.7 Å². The molecule has 4 heteroatoms. The van der Waals surface area contributed by atoms with Crippen LogP contribution in [-0.4, -0.2) is 17.6 Å². The van der Waals surface area contributed by atoms with Gasteiger partial charge < -0.3 is 9.15 Å². The summed E-state index contributed by atoms with van der Waals surface area (Å²) in [5.41, 5.74) is 0.661. The molecule has 0 bridgehead atoms. The number of carbonyl (C=O) groups is 1. The summed E-state index contributed by atoms with van der Waals surface area (Å²) in [4.78, 5) is 15.0. The number of nitrogens with zero attached hydrogens (tertiary/aromatic N) is 1. The highest BCUT2D eigenvalue weighted by Crippen LogP contribution is 2.05. The third-order valence-corrected chi connectivity index (χ3v) is 1.59. The molecule has 0 aliphatic rings. The van der Waals surface area contributed by atoms with Gasteiger partial charge in [-0.15, -0.1) is 0 Å². The van der Waals surface area contributed by atoms with Gasteiger partial charge in [0.2, 0.25) is 5.89 Å². The molecule has 0 saturated heterocycles. The molecule has 1 aromatic heterocycles. The first-order valence-corrected chi connectivity index (χ1v) is 4.66. The molecule has 0 aliphatic heterocycles. The Balaban J connectivity index is 2.44. The zero-order valence-electron chi connectivity index (χ0n) is 8.60. The lowest BCUT2D eigenvalue weighted by molar-refractivity contribution is -0.142. The molecule has 80 valence electrons. The minimum Gasteiger partial charge on any atom is -0.466 e. The zero-order chi connectivity index (χ0) is 11.1. The number of rotatable bonds is 5. The van der Waals surface area contributed by atoms with Gasteiger partial charge in [0.1, 0.15) is 12.0 Å². The van der Waals surface area contributed by atoms with Crippen LogP contribution in [0, 0.1) is 0 Å².